The van der Waals surface area contributed by atoms with Crippen molar-refractivity contribution in [2.24, 2.45) is 7.05 Å². The first-order valence-corrected chi connectivity index (χ1v) is 4.95. The van der Waals surface area contributed by atoms with Gasteiger partial charge in [0.1, 0.15) is 0 Å². The fourth-order valence-electron chi connectivity index (χ4n) is 0.988. The zero-order chi connectivity index (χ0) is 9.14. The topological polar surface area (TPSA) is 4.93 Å². The first-order valence-electron chi connectivity index (χ1n) is 4.04. The zero-order valence-corrected chi connectivity index (χ0v) is 9.30. The van der Waals surface area contributed by atoms with E-state index in [1.807, 2.05) is 7.05 Å². The van der Waals surface area contributed by atoms with Crippen molar-refractivity contribution in [2.45, 2.75) is 18.7 Å². The normalized spacial score (nSPS) is 14.8. The third-order valence-corrected chi connectivity index (χ3v) is 2.60. The molecule has 1 rings (SSSR count). The summed E-state index contributed by atoms with van der Waals surface area (Å²) in [5.41, 5.74) is 2.61. The fraction of sp³-hybridized carbons (Fsp3) is 0.400. The Balaban J connectivity index is 2.80. The van der Waals surface area contributed by atoms with Crippen LogP contribution >= 0.6 is 15.9 Å². The number of nitrogens with zero attached hydrogens (tertiary/aromatic N) is 1. The van der Waals surface area contributed by atoms with Crippen molar-refractivity contribution in [3.8, 4) is 0 Å². The smallest absolute Gasteiger partial charge is 0.0326 e. The maximum atomic E-state index is 3.53. The third kappa shape index (κ3) is 2.52. The maximum Gasteiger partial charge on any atom is 0.0326 e. The van der Waals surface area contributed by atoms with Gasteiger partial charge in [-0.25, -0.2) is 0 Å². The summed E-state index contributed by atoms with van der Waals surface area (Å²) in [4.78, 5) is 0.456. The molecule has 0 N–H and O–H groups in total. The Morgan fingerprint density at radius 2 is 2.33 bits per heavy atom. The van der Waals surface area contributed by atoms with Crippen LogP contribution in [0.1, 0.15) is 19.4 Å². The van der Waals surface area contributed by atoms with Crippen LogP contribution in [-0.2, 0) is 7.05 Å². The molecule has 0 amide bonds. The number of hydrogen-bond donors (Lipinski definition) is 0. The molecule has 1 atom stereocenters. The molecule has 12 heavy (non-hydrogen) atoms. The van der Waals surface area contributed by atoms with Gasteiger partial charge in [-0.3, -0.25) is 0 Å². The van der Waals surface area contributed by atoms with E-state index < -0.39 is 0 Å². The summed E-state index contributed by atoms with van der Waals surface area (Å²) in [6.07, 6.45) is 6.36. The minimum atomic E-state index is 0.456. The van der Waals surface area contributed by atoms with Crippen molar-refractivity contribution in [3.05, 3.63) is 29.6 Å². The summed E-state index contributed by atoms with van der Waals surface area (Å²) in [6, 6.07) is 2.11. The predicted octanol–water partition coefficient (Wildman–Crippen LogP) is 3.21. The van der Waals surface area contributed by atoms with Crippen LogP contribution in [0.25, 0.3) is 6.08 Å². The molecule has 2 heteroatoms. The molecule has 0 aliphatic carbocycles. The summed E-state index contributed by atoms with van der Waals surface area (Å²) in [7, 11) is 2.03. The zero-order valence-electron chi connectivity index (χ0n) is 7.71. The van der Waals surface area contributed by atoms with Gasteiger partial charge in [-0.2, -0.15) is 0 Å². The Hall–Kier alpha value is -0.500. The van der Waals surface area contributed by atoms with Crippen molar-refractivity contribution >= 4 is 22.0 Å². The molecule has 0 radical (unpaired) electrons. The van der Waals surface area contributed by atoms with Crippen molar-refractivity contribution in [2.75, 3.05) is 0 Å². The molecular weight excluding hydrogens is 214 g/mol. The second-order valence-electron chi connectivity index (χ2n) is 3.11. The summed E-state index contributed by atoms with van der Waals surface area (Å²) in [5.74, 6) is 0. The van der Waals surface area contributed by atoms with Gasteiger partial charge >= 0.3 is 0 Å². The van der Waals surface area contributed by atoms with Crippen LogP contribution in [0.5, 0.6) is 0 Å². The monoisotopic (exact) mass is 227 g/mol. The molecule has 0 saturated heterocycles. The molecule has 0 aliphatic rings. The highest BCUT2D eigenvalue weighted by atomic mass is 79.9. The molecule has 0 spiro atoms. The Morgan fingerprint density at radius 3 is 2.75 bits per heavy atom. The van der Waals surface area contributed by atoms with Gasteiger partial charge < -0.3 is 4.57 Å². The summed E-state index contributed by atoms with van der Waals surface area (Å²) < 4.78 is 2.05. The first-order chi connectivity index (χ1) is 5.59. The lowest BCUT2D eigenvalue weighted by Gasteiger charge is -2.01. The number of halogens is 1. The molecular formula is C10H14BrN. The quantitative estimate of drug-likeness (QED) is 0.685. The number of aryl methyl sites for hydroxylation is 1. The van der Waals surface area contributed by atoms with Crippen LogP contribution in [0.4, 0.5) is 0 Å². The van der Waals surface area contributed by atoms with Gasteiger partial charge in [0.25, 0.3) is 0 Å². The Kier molecular flexibility index (Phi) is 3.15. The number of hydrogen-bond acceptors (Lipinski definition) is 0. The summed E-state index contributed by atoms with van der Waals surface area (Å²) in [6.45, 7) is 4.27. The van der Waals surface area contributed by atoms with Gasteiger partial charge in [-0.05, 0) is 25.5 Å². The van der Waals surface area contributed by atoms with Gasteiger partial charge in [0.2, 0.25) is 0 Å². The molecule has 0 fully saturated rings. The van der Waals surface area contributed by atoms with E-state index in [-0.39, 0.29) is 0 Å². The van der Waals surface area contributed by atoms with Crippen LogP contribution in [0.2, 0.25) is 0 Å². The largest absolute Gasteiger partial charge is 0.357 e. The highest BCUT2D eigenvalue weighted by molar-refractivity contribution is 9.09. The van der Waals surface area contributed by atoms with E-state index in [9.17, 15) is 0 Å². The molecule has 1 nitrogen and oxygen atoms in total. The first kappa shape index (κ1) is 9.59. The maximum absolute atomic E-state index is 3.53. The standard InChI is InChI=1S/C10H14BrN/c1-8(9(2)11)6-10-4-5-12(3)7-10/h4-7,9H,1-3H3/b8-6+. The lowest BCUT2D eigenvalue weighted by atomic mass is 10.2. The summed E-state index contributed by atoms with van der Waals surface area (Å²) in [5, 5.41) is 0. The Labute approximate surface area is 82.2 Å². The SMILES string of the molecule is C/C(=C\c1ccn(C)c1)C(C)Br. The molecule has 1 aromatic heterocycles. The van der Waals surface area contributed by atoms with Gasteiger partial charge in [0, 0.05) is 24.3 Å². The minimum Gasteiger partial charge on any atom is -0.357 e. The molecule has 1 unspecified atom stereocenters. The fourth-order valence-corrected chi connectivity index (χ4v) is 1.12. The second-order valence-corrected chi connectivity index (χ2v) is 4.49. The van der Waals surface area contributed by atoms with Gasteiger partial charge in [0.05, 0.1) is 0 Å². The summed E-state index contributed by atoms with van der Waals surface area (Å²) >= 11 is 3.53. The molecule has 0 aromatic carbocycles. The van der Waals surface area contributed by atoms with E-state index in [0.717, 1.165) is 0 Å². The van der Waals surface area contributed by atoms with Crippen molar-refractivity contribution < 1.29 is 0 Å². The molecule has 0 bridgehead atoms. The van der Waals surface area contributed by atoms with Gasteiger partial charge in [0.15, 0.2) is 0 Å². The van der Waals surface area contributed by atoms with E-state index in [0.29, 0.717) is 4.83 Å². The number of aromatic nitrogens is 1. The van der Waals surface area contributed by atoms with Crippen LogP contribution in [-0.4, -0.2) is 9.39 Å². The van der Waals surface area contributed by atoms with Crippen molar-refractivity contribution in [1.29, 1.82) is 0 Å². The lowest BCUT2D eigenvalue weighted by molar-refractivity contribution is 0.927. The molecule has 1 heterocycles. The number of alkyl halides is 1. The molecule has 0 aliphatic heterocycles. The number of rotatable bonds is 2. The van der Waals surface area contributed by atoms with E-state index in [1.165, 1.54) is 11.1 Å². The minimum absolute atomic E-state index is 0.456. The van der Waals surface area contributed by atoms with Crippen molar-refractivity contribution in [3.63, 3.8) is 0 Å². The van der Waals surface area contributed by atoms with E-state index in [4.69, 9.17) is 0 Å². The molecule has 1 aromatic rings. The third-order valence-electron chi connectivity index (χ3n) is 1.88. The highest BCUT2D eigenvalue weighted by Gasteiger charge is 1.98. The molecule has 0 saturated carbocycles. The second kappa shape index (κ2) is 3.94. The van der Waals surface area contributed by atoms with E-state index >= 15 is 0 Å². The highest BCUT2D eigenvalue weighted by Crippen LogP contribution is 2.14. The van der Waals surface area contributed by atoms with Crippen LogP contribution in [0.15, 0.2) is 24.0 Å². The average molecular weight is 228 g/mol. The van der Waals surface area contributed by atoms with E-state index in [2.05, 4.69) is 58.9 Å². The Bertz CT molecular complexity index is 284. The van der Waals surface area contributed by atoms with E-state index in [1.54, 1.807) is 0 Å². The van der Waals surface area contributed by atoms with Gasteiger partial charge in [-0.1, -0.05) is 27.6 Å². The molecule has 66 valence electrons. The lowest BCUT2D eigenvalue weighted by Crippen LogP contribution is -1.90. The average Bonchev–Trinajstić information content (AvgIpc) is 2.35. The van der Waals surface area contributed by atoms with Gasteiger partial charge in [-0.15, -0.1) is 0 Å². The van der Waals surface area contributed by atoms with Crippen molar-refractivity contribution in [1.82, 2.24) is 4.57 Å². The Morgan fingerprint density at radius 1 is 1.67 bits per heavy atom. The predicted molar refractivity (Wildman–Crippen MR) is 57.5 cm³/mol. The van der Waals surface area contributed by atoms with Crippen LogP contribution in [0.3, 0.4) is 0 Å². The van der Waals surface area contributed by atoms with Crippen LogP contribution in [0, 0.1) is 0 Å². The number of allylic oxidation sites excluding steroid dienone is 1. The van der Waals surface area contributed by atoms with Crippen LogP contribution < -0.4 is 0 Å².